The number of nitrogens with zero attached hydrogens (tertiary/aromatic N) is 2. The van der Waals surface area contributed by atoms with Crippen LogP contribution in [0.1, 0.15) is 50.4 Å². The minimum absolute atomic E-state index is 0.180. The van der Waals surface area contributed by atoms with E-state index in [1.807, 2.05) is 13.8 Å². The lowest BCUT2D eigenvalue weighted by molar-refractivity contribution is 0.188. The fourth-order valence-electron chi connectivity index (χ4n) is 1.20. The summed E-state index contributed by atoms with van der Waals surface area (Å²) in [6, 6.07) is -0.180. The summed E-state index contributed by atoms with van der Waals surface area (Å²) in [7, 11) is 1.68. The number of ether oxygens (including phenoxy) is 1. The number of rotatable bonds is 6. The second-order valence-electron chi connectivity index (χ2n) is 3.89. The third-order valence-corrected chi connectivity index (χ3v) is 2.15. The molecular formula is C10H19N3O2. The van der Waals surface area contributed by atoms with Gasteiger partial charge in [0, 0.05) is 19.6 Å². The topological polar surface area (TPSA) is 74.2 Å². The van der Waals surface area contributed by atoms with Gasteiger partial charge in [0.05, 0.1) is 6.04 Å². The largest absolute Gasteiger partial charge is 0.385 e. The van der Waals surface area contributed by atoms with Crippen molar-refractivity contribution < 1.29 is 9.26 Å². The lowest BCUT2D eigenvalue weighted by atomic mass is 10.1. The smallest absolute Gasteiger partial charge is 0.243 e. The van der Waals surface area contributed by atoms with Gasteiger partial charge < -0.3 is 15.0 Å². The van der Waals surface area contributed by atoms with Crippen molar-refractivity contribution in [3.05, 3.63) is 11.7 Å². The fraction of sp³-hybridized carbons (Fsp3) is 0.800. The molecule has 0 amide bonds. The van der Waals surface area contributed by atoms with E-state index in [9.17, 15) is 0 Å². The van der Waals surface area contributed by atoms with Crippen molar-refractivity contribution in [2.45, 2.75) is 38.6 Å². The van der Waals surface area contributed by atoms with Crippen LogP contribution in [0, 0.1) is 0 Å². The summed E-state index contributed by atoms with van der Waals surface area (Å²) in [5.41, 5.74) is 5.90. The predicted octanol–water partition coefficient (Wildman–Crippen LogP) is 1.62. The second-order valence-corrected chi connectivity index (χ2v) is 3.89. The van der Waals surface area contributed by atoms with Gasteiger partial charge in [0.2, 0.25) is 5.89 Å². The Morgan fingerprint density at radius 2 is 2.20 bits per heavy atom. The van der Waals surface area contributed by atoms with Gasteiger partial charge in [0.1, 0.15) is 0 Å². The van der Waals surface area contributed by atoms with Crippen molar-refractivity contribution >= 4 is 0 Å². The van der Waals surface area contributed by atoms with E-state index in [1.165, 1.54) is 0 Å². The van der Waals surface area contributed by atoms with Crippen molar-refractivity contribution in [1.82, 2.24) is 10.1 Å². The zero-order valence-electron chi connectivity index (χ0n) is 9.56. The molecule has 0 radical (unpaired) electrons. The molecule has 0 bridgehead atoms. The van der Waals surface area contributed by atoms with Crippen LogP contribution >= 0.6 is 0 Å². The summed E-state index contributed by atoms with van der Waals surface area (Å²) in [5, 5.41) is 3.87. The van der Waals surface area contributed by atoms with Crippen molar-refractivity contribution in [3.63, 3.8) is 0 Å². The minimum atomic E-state index is -0.180. The Labute approximate surface area is 90.0 Å². The van der Waals surface area contributed by atoms with Gasteiger partial charge in [-0.2, -0.15) is 4.98 Å². The van der Waals surface area contributed by atoms with Crippen LogP contribution in [0.25, 0.3) is 0 Å². The molecule has 0 aromatic carbocycles. The molecule has 1 atom stereocenters. The Morgan fingerprint density at radius 3 is 2.73 bits per heavy atom. The maximum atomic E-state index is 5.90. The van der Waals surface area contributed by atoms with Crippen LogP contribution in [0.2, 0.25) is 0 Å². The molecule has 0 fully saturated rings. The zero-order valence-corrected chi connectivity index (χ0v) is 9.56. The molecule has 1 unspecified atom stereocenters. The quantitative estimate of drug-likeness (QED) is 0.727. The molecule has 0 aliphatic heterocycles. The summed E-state index contributed by atoms with van der Waals surface area (Å²) in [4.78, 5) is 4.24. The molecule has 2 N–H and O–H groups in total. The van der Waals surface area contributed by atoms with Crippen molar-refractivity contribution in [2.75, 3.05) is 13.7 Å². The third-order valence-electron chi connectivity index (χ3n) is 2.15. The van der Waals surface area contributed by atoms with Gasteiger partial charge in [-0.25, -0.2) is 0 Å². The molecule has 5 nitrogen and oxygen atoms in total. The highest BCUT2D eigenvalue weighted by Crippen LogP contribution is 2.16. The lowest BCUT2D eigenvalue weighted by Gasteiger charge is -2.05. The first-order valence-corrected chi connectivity index (χ1v) is 5.23. The van der Waals surface area contributed by atoms with Gasteiger partial charge in [-0.05, 0) is 12.8 Å². The first-order chi connectivity index (χ1) is 7.15. The number of hydrogen-bond donors (Lipinski definition) is 1. The molecule has 1 aromatic rings. The second kappa shape index (κ2) is 5.82. The zero-order chi connectivity index (χ0) is 11.3. The first kappa shape index (κ1) is 12.1. The number of hydrogen-bond acceptors (Lipinski definition) is 5. The summed E-state index contributed by atoms with van der Waals surface area (Å²) in [6.45, 7) is 4.75. The van der Waals surface area contributed by atoms with Crippen LogP contribution in [-0.4, -0.2) is 23.9 Å². The van der Waals surface area contributed by atoms with Gasteiger partial charge in [0.15, 0.2) is 5.82 Å². The average Bonchev–Trinajstić information content (AvgIpc) is 2.66. The van der Waals surface area contributed by atoms with E-state index in [0.717, 1.165) is 12.8 Å². The molecule has 0 saturated heterocycles. The monoisotopic (exact) mass is 213 g/mol. The van der Waals surface area contributed by atoms with Gasteiger partial charge in [-0.1, -0.05) is 19.0 Å². The van der Waals surface area contributed by atoms with E-state index in [-0.39, 0.29) is 12.0 Å². The maximum Gasteiger partial charge on any atom is 0.243 e. The first-order valence-electron chi connectivity index (χ1n) is 5.23. The van der Waals surface area contributed by atoms with Crippen LogP contribution in [0.4, 0.5) is 0 Å². The molecule has 1 heterocycles. The molecule has 5 heteroatoms. The van der Waals surface area contributed by atoms with Gasteiger partial charge >= 0.3 is 0 Å². The Morgan fingerprint density at radius 1 is 1.47 bits per heavy atom. The molecule has 1 rings (SSSR count). The highest BCUT2D eigenvalue weighted by molar-refractivity contribution is 4.95. The molecule has 0 aliphatic carbocycles. The van der Waals surface area contributed by atoms with Crippen LogP contribution in [0.15, 0.2) is 4.52 Å². The maximum absolute atomic E-state index is 5.90. The van der Waals surface area contributed by atoms with E-state index in [2.05, 4.69) is 10.1 Å². The third kappa shape index (κ3) is 3.60. The highest BCUT2D eigenvalue weighted by Gasteiger charge is 2.15. The average molecular weight is 213 g/mol. The van der Waals surface area contributed by atoms with Gasteiger partial charge in [-0.3, -0.25) is 0 Å². The standard InChI is InChI=1S/C10H19N3O2/c1-7(2)9-12-10(15-13-9)8(11)5-4-6-14-3/h7-8H,4-6,11H2,1-3H3. The lowest BCUT2D eigenvalue weighted by Crippen LogP contribution is -2.11. The minimum Gasteiger partial charge on any atom is -0.385 e. The SMILES string of the molecule is COCCCC(N)c1nc(C(C)C)no1. The van der Waals surface area contributed by atoms with Gasteiger partial charge in [-0.15, -0.1) is 0 Å². The van der Waals surface area contributed by atoms with Crippen LogP contribution in [0.5, 0.6) is 0 Å². The summed E-state index contributed by atoms with van der Waals surface area (Å²) >= 11 is 0. The molecular weight excluding hydrogens is 194 g/mol. The number of nitrogens with two attached hydrogens (primary N) is 1. The molecule has 0 aliphatic rings. The van der Waals surface area contributed by atoms with Crippen molar-refractivity contribution in [2.24, 2.45) is 5.73 Å². The molecule has 1 aromatic heterocycles. The highest BCUT2D eigenvalue weighted by atomic mass is 16.5. The predicted molar refractivity (Wildman–Crippen MR) is 56.4 cm³/mol. The van der Waals surface area contributed by atoms with E-state index >= 15 is 0 Å². The summed E-state index contributed by atoms with van der Waals surface area (Å²) in [6.07, 6.45) is 1.70. The van der Waals surface area contributed by atoms with E-state index in [1.54, 1.807) is 7.11 Å². The summed E-state index contributed by atoms with van der Waals surface area (Å²) < 4.78 is 10.0. The van der Waals surface area contributed by atoms with Crippen molar-refractivity contribution in [1.29, 1.82) is 0 Å². The molecule has 0 saturated carbocycles. The number of methoxy groups -OCH3 is 1. The molecule has 15 heavy (non-hydrogen) atoms. The Bertz CT molecular complexity index is 286. The van der Waals surface area contributed by atoms with Crippen LogP contribution in [0.3, 0.4) is 0 Å². The fourth-order valence-corrected chi connectivity index (χ4v) is 1.20. The Kier molecular flexibility index (Phi) is 4.71. The molecule has 86 valence electrons. The van der Waals surface area contributed by atoms with E-state index < -0.39 is 0 Å². The summed E-state index contributed by atoms with van der Waals surface area (Å²) in [5.74, 6) is 1.51. The Hall–Kier alpha value is -0.940. The Balaban J connectivity index is 2.47. The van der Waals surface area contributed by atoms with E-state index in [4.69, 9.17) is 15.0 Å². The number of aromatic nitrogens is 2. The normalized spacial score (nSPS) is 13.4. The van der Waals surface area contributed by atoms with Crippen molar-refractivity contribution in [3.8, 4) is 0 Å². The van der Waals surface area contributed by atoms with E-state index in [0.29, 0.717) is 18.3 Å². The van der Waals surface area contributed by atoms with Crippen LogP contribution < -0.4 is 5.73 Å². The van der Waals surface area contributed by atoms with Crippen LogP contribution in [-0.2, 0) is 4.74 Å². The van der Waals surface area contributed by atoms with Gasteiger partial charge in [0.25, 0.3) is 0 Å². The molecule has 0 spiro atoms.